The van der Waals surface area contributed by atoms with Crippen LogP contribution >= 0.6 is 0 Å². The van der Waals surface area contributed by atoms with Crippen molar-refractivity contribution in [2.75, 3.05) is 32.8 Å². The number of pyridine rings is 1. The first-order valence-electron chi connectivity index (χ1n) is 16.8. The number of piperazine rings is 1. The summed E-state index contributed by atoms with van der Waals surface area (Å²) in [5.41, 5.74) is 2.57. The number of nitrogens with zero attached hydrogens (tertiary/aromatic N) is 5. The van der Waals surface area contributed by atoms with Gasteiger partial charge in [-0.15, -0.1) is 0 Å². The fourth-order valence-corrected chi connectivity index (χ4v) is 6.90. The molecule has 2 unspecified atom stereocenters. The Morgan fingerprint density at radius 2 is 1.72 bits per heavy atom. The van der Waals surface area contributed by atoms with Gasteiger partial charge in [0.25, 0.3) is 5.91 Å². The summed E-state index contributed by atoms with van der Waals surface area (Å²) in [6.07, 6.45) is 6.87. The number of carbonyl (C=O) groups is 2. The van der Waals surface area contributed by atoms with Gasteiger partial charge in [0.15, 0.2) is 18.2 Å². The largest absolute Gasteiger partial charge is 0.465 e. The molecule has 1 spiro atoms. The van der Waals surface area contributed by atoms with Gasteiger partial charge < -0.3 is 28.7 Å². The predicted molar refractivity (Wildman–Crippen MR) is 172 cm³/mol. The molecule has 7 rings (SSSR count). The number of hydrogen-bond donors (Lipinski definition) is 0. The van der Waals surface area contributed by atoms with Crippen molar-refractivity contribution in [3.8, 4) is 17.0 Å². The second-order valence-corrected chi connectivity index (χ2v) is 14.1. The third kappa shape index (κ3) is 6.19. The van der Waals surface area contributed by atoms with E-state index in [2.05, 4.69) is 0 Å². The lowest BCUT2D eigenvalue weighted by Gasteiger charge is -2.42. The summed E-state index contributed by atoms with van der Waals surface area (Å²) >= 11 is 0. The smallest absolute Gasteiger partial charge is 0.410 e. The molecule has 0 bridgehead atoms. The van der Waals surface area contributed by atoms with Crippen LogP contribution in [0.2, 0.25) is 0 Å². The first kappa shape index (κ1) is 30.9. The Hall–Kier alpha value is -3.70. The van der Waals surface area contributed by atoms with Crippen LogP contribution in [0.1, 0.15) is 94.4 Å². The SMILES string of the molecule is Cc1nn(C2CCCCO2)c2nc(-c3ccc(OC4CCCCO4)cc3)cc(C(=O)N3CCN(C(=O)OC(C)(C)C)CC34CC4)c12. The van der Waals surface area contributed by atoms with Gasteiger partial charge in [-0.25, -0.2) is 14.5 Å². The van der Waals surface area contributed by atoms with E-state index in [1.54, 1.807) is 4.90 Å². The fraction of sp³-hybridized carbons (Fsp3) is 0.600. The van der Waals surface area contributed by atoms with E-state index in [1.165, 1.54) is 0 Å². The normalized spacial score (nSPS) is 23.0. The first-order chi connectivity index (χ1) is 22.1. The molecular formula is C35H45N5O6. The molecule has 2 amide bonds. The zero-order valence-electron chi connectivity index (χ0n) is 27.4. The quantitative estimate of drug-likeness (QED) is 0.326. The lowest BCUT2D eigenvalue weighted by atomic mass is 10.0. The van der Waals surface area contributed by atoms with Gasteiger partial charge in [-0.05, 0) is 103 Å². The monoisotopic (exact) mass is 631 g/mol. The molecule has 246 valence electrons. The van der Waals surface area contributed by atoms with Crippen LogP contribution in [0.25, 0.3) is 22.3 Å². The number of carbonyl (C=O) groups excluding carboxylic acids is 2. The van der Waals surface area contributed by atoms with Gasteiger partial charge in [-0.3, -0.25) is 4.79 Å². The van der Waals surface area contributed by atoms with Gasteiger partial charge in [0.2, 0.25) is 0 Å². The molecule has 0 N–H and O–H groups in total. The van der Waals surface area contributed by atoms with E-state index in [0.717, 1.165) is 80.4 Å². The molecule has 4 aliphatic rings. The highest BCUT2D eigenvalue weighted by Gasteiger charge is 2.54. The number of hydrogen-bond acceptors (Lipinski definition) is 8. The number of rotatable bonds is 5. The third-order valence-electron chi connectivity index (χ3n) is 9.43. The number of benzene rings is 1. The summed E-state index contributed by atoms with van der Waals surface area (Å²) in [7, 11) is 0. The average Bonchev–Trinajstić information content (AvgIpc) is 3.73. The number of aromatic nitrogens is 3. The molecule has 2 atom stereocenters. The number of ether oxygens (including phenoxy) is 4. The Morgan fingerprint density at radius 3 is 2.37 bits per heavy atom. The molecule has 2 aromatic heterocycles. The lowest BCUT2D eigenvalue weighted by molar-refractivity contribution is -0.105. The number of aryl methyl sites for hydroxylation is 1. The Morgan fingerprint density at radius 1 is 0.978 bits per heavy atom. The minimum absolute atomic E-state index is 0.0587. The first-order valence-corrected chi connectivity index (χ1v) is 16.8. The van der Waals surface area contributed by atoms with E-state index >= 15 is 0 Å². The average molecular weight is 632 g/mol. The molecule has 0 radical (unpaired) electrons. The van der Waals surface area contributed by atoms with E-state index in [4.69, 9.17) is 29.0 Å². The number of amides is 2. The van der Waals surface area contributed by atoms with E-state index in [1.807, 2.05) is 67.6 Å². The molecule has 11 heteroatoms. The maximum absolute atomic E-state index is 14.6. The summed E-state index contributed by atoms with van der Waals surface area (Å²) in [6.45, 7) is 10.3. The summed E-state index contributed by atoms with van der Waals surface area (Å²) in [5, 5.41) is 5.64. The molecule has 46 heavy (non-hydrogen) atoms. The molecule has 1 aromatic carbocycles. The predicted octanol–water partition coefficient (Wildman–Crippen LogP) is 6.24. The molecule has 3 aromatic rings. The van der Waals surface area contributed by atoms with Crippen molar-refractivity contribution in [2.24, 2.45) is 0 Å². The van der Waals surface area contributed by atoms with Crippen molar-refractivity contribution in [1.29, 1.82) is 0 Å². The van der Waals surface area contributed by atoms with Gasteiger partial charge in [0, 0.05) is 38.2 Å². The maximum Gasteiger partial charge on any atom is 0.410 e. The summed E-state index contributed by atoms with van der Waals surface area (Å²) in [4.78, 5) is 36.4. The minimum atomic E-state index is -0.576. The van der Waals surface area contributed by atoms with Crippen LogP contribution in [-0.2, 0) is 14.2 Å². The van der Waals surface area contributed by atoms with Crippen LogP contribution < -0.4 is 4.74 Å². The second-order valence-electron chi connectivity index (χ2n) is 14.1. The Balaban J connectivity index is 1.23. The second kappa shape index (κ2) is 12.2. The van der Waals surface area contributed by atoms with Crippen molar-refractivity contribution in [2.45, 2.75) is 103 Å². The van der Waals surface area contributed by atoms with Crippen LogP contribution in [-0.4, -0.2) is 86.8 Å². The van der Waals surface area contributed by atoms with Crippen LogP contribution in [0.5, 0.6) is 5.75 Å². The van der Waals surface area contributed by atoms with Crippen molar-refractivity contribution < 1.29 is 28.5 Å². The Labute approximate surface area is 270 Å². The van der Waals surface area contributed by atoms with E-state index < -0.39 is 11.1 Å². The van der Waals surface area contributed by atoms with Crippen molar-refractivity contribution in [1.82, 2.24) is 24.6 Å². The molecule has 11 nitrogen and oxygen atoms in total. The molecule has 1 aliphatic carbocycles. The van der Waals surface area contributed by atoms with Gasteiger partial charge in [0.1, 0.15) is 11.4 Å². The van der Waals surface area contributed by atoms with Gasteiger partial charge >= 0.3 is 6.09 Å². The fourth-order valence-electron chi connectivity index (χ4n) is 6.90. The third-order valence-corrected chi connectivity index (χ3v) is 9.43. The van der Waals surface area contributed by atoms with Crippen LogP contribution in [0.4, 0.5) is 4.79 Å². The molecule has 1 saturated carbocycles. The molecule has 4 fully saturated rings. The summed E-state index contributed by atoms with van der Waals surface area (Å²) in [5.74, 6) is 0.680. The van der Waals surface area contributed by atoms with Crippen LogP contribution in [0, 0.1) is 6.92 Å². The summed E-state index contributed by atoms with van der Waals surface area (Å²) in [6, 6.07) is 9.73. The highest BCUT2D eigenvalue weighted by atomic mass is 16.7. The van der Waals surface area contributed by atoms with E-state index in [0.29, 0.717) is 43.1 Å². The van der Waals surface area contributed by atoms with Gasteiger partial charge in [-0.2, -0.15) is 5.10 Å². The summed E-state index contributed by atoms with van der Waals surface area (Å²) < 4.78 is 25.5. The topological polar surface area (TPSA) is 108 Å². The van der Waals surface area contributed by atoms with Crippen molar-refractivity contribution in [3.63, 3.8) is 0 Å². The van der Waals surface area contributed by atoms with Crippen molar-refractivity contribution in [3.05, 3.63) is 41.6 Å². The molecule has 5 heterocycles. The maximum atomic E-state index is 14.6. The molecular weight excluding hydrogens is 586 g/mol. The van der Waals surface area contributed by atoms with E-state index in [-0.39, 0.29) is 24.5 Å². The highest BCUT2D eigenvalue weighted by Crippen LogP contribution is 2.46. The number of fused-ring (bicyclic) bond motifs is 1. The van der Waals surface area contributed by atoms with E-state index in [9.17, 15) is 9.59 Å². The minimum Gasteiger partial charge on any atom is -0.465 e. The Bertz CT molecular complexity index is 1600. The zero-order chi connectivity index (χ0) is 32.1. The zero-order valence-corrected chi connectivity index (χ0v) is 27.4. The van der Waals surface area contributed by atoms with Crippen LogP contribution in [0.15, 0.2) is 30.3 Å². The lowest BCUT2D eigenvalue weighted by Crippen LogP contribution is -2.58. The van der Waals surface area contributed by atoms with Crippen LogP contribution in [0.3, 0.4) is 0 Å². The van der Waals surface area contributed by atoms with Crippen molar-refractivity contribution >= 4 is 23.0 Å². The highest BCUT2D eigenvalue weighted by molar-refractivity contribution is 6.08. The molecule has 3 saturated heterocycles. The Kier molecular flexibility index (Phi) is 8.17. The standard InChI is InChI=1S/C35H45N5O6/c1-23-30-26(32(41)39-18-17-38(22-35(39)15-16-35)33(42)46-34(2,3)4)21-27(36-31(30)40(37-23)28-9-5-7-19-43-28)24-11-13-25(14-12-24)45-29-10-6-8-20-44-29/h11-14,21,28-29H,5-10,15-20,22H2,1-4H3. The van der Waals surface area contributed by atoms with Gasteiger partial charge in [-0.1, -0.05) is 0 Å². The van der Waals surface area contributed by atoms with Gasteiger partial charge in [0.05, 0.1) is 34.5 Å². The molecule has 3 aliphatic heterocycles.